The molecule has 0 radical (unpaired) electrons. The van der Waals surface area contributed by atoms with E-state index < -0.39 is 17.7 Å². The Bertz CT molecular complexity index is 418. The molecule has 2 rings (SSSR count). The number of hydrogen-bond donors (Lipinski definition) is 0. The van der Waals surface area contributed by atoms with Gasteiger partial charge >= 0.3 is 12.1 Å². The summed E-state index contributed by atoms with van der Waals surface area (Å²) >= 11 is 0. The third-order valence-corrected chi connectivity index (χ3v) is 3.25. The Kier molecular flexibility index (Phi) is 3.56. The van der Waals surface area contributed by atoms with Crippen LogP contribution in [0.5, 0.6) is 0 Å². The van der Waals surface area contributed by atoms with E-state index in [0.29, 0.717) is 12.5 Å². The summed E-state index contributed by atoms with van der Waals surface area (Å²) in [5.74, 6) is 0.0399. The van der Waals surface area contributed by atoms with Crippen LogP contribution >= 0.6 is 0 Å². The normalized spacial score (nSPS) is 23.1. The van der Waals surface area contributed by atoms with Crippen molar-refractivity contribution in [1.29, 1.82) is 0 Å². The van der Waals surface area contributed by atoms with Crippen LogP contribution in [-0.2, 0) is 14.3 Å². The topological polar surface area (TPSA) is 55.8 Å². The van der Waals surface area contributed by atoms with Gasteiger partial charge in [-0.2, -0.15) is 0 Å². The van der Waals surface area contributed by atoms with E-state index in [-0.39, 0.29) is 5.97 Å². The molecule has 0 aromatic heterocycles. The van der Waals surface area contributed by atoms with Gasteiger partial charge in [0.25, 0.3) is 0 Å². The quantitative estimate of drug-likeness (QED) is 0.568. The average molecular weight is 267 g/mol. The zero-order valence-corrected chi connectivity index (χ0v) is 11.9. The Hall–Kier alpha value is -1.52. The van der Waals surface area contributed by atoms with Crippen molar-refractivity contribution < 1.29 is 19.1 Å². The van der Waals surface area contributed by atoms with Crippen LogP contribution in [0.1, 0.15) is 33.6 Å². The molecule has 5 heteroatoms. The maximum atomic E-state index is 12.1. The summed E-state index contributed by atoms with van der Waals surface area (Å²) in [6.45, 7) is 5.84. The van der Waals surface area contributed by atoms with Crippen molar-refractivity contribution in [2.45, 2.75) is 45.3 Å². The highest BCUT2D eigenvalue weighted by molar-refractivity contribution is 5.86. The molecule has 1 heterocycles. The van der Waals surface area contributed by atoms with Crippen molar-refractivity contribution in [1.82, 2.24) is 4.90 Å². The lowest BCUT2D eigenvalue weighted by Crippen LogP contribution is -2.45. The largest absolute Gasteiger partial charge is 0.467 e. The Labute approximate surface area is 113 Å². The van der Waals surface area contributed by atoms with Gasteiger partial charge in [0, 0.05) is 6.54 Å². The zero-order chi connectivity index (χ0) is 14.2. The number of methoxy groups -OCH3 is 1. The fraction of sp³-hybridized carbons (Fsp3) is 0.714. The van der Waals surface area contributed by atoms with Crippen LogP contribution in [0, 0.1) is 5.92 Å². The fourth-order valence-corrected chi connectivity index (χ4v) is 2.28. The maximum absolute atomic E-state index is 12.1. The minimum absolute atomic E-state index is 0.387. The Morgan fingerprint density at radius 3 is 2.42 bits per heavy atom. The molecule has 0 saturated heterocycles. The van der Waals surface area contributed by atoms with Gasteiger partial charge in [0.05, 0.1) is 7.11 Å². The molecule has 1 aliphatic carbocycles. The summed E-state index contributed by atoms with van der Waals surface area (Å²) < 4.78 is 10.2. The van der Waals surface area contributed by atoms with Gasteiger partial charge in [-0.3, -0.25) is 4.90 Å². The van der Waals surface area contributed by atoms with Crippen molar-refractivity contribution in [2.75, 3.05) is 13.7 Å². The number of ether oxygens (including phenoxy) is 2. The molecule has 1 aliphatic heterocycles. The molecule has 5 nitrogen and oxygen atoms in total. The summed E-state index contributed by atoms with van der Waals surface area (Å²) in [6, 6.07) is -0.604. The molecular formula is C14H21NO4. The molecule has 1 fully saturated rings. The van der Waals surface area contributed by atoms with Crippen LogP contribution in [0.4, 0.5) is 4.79 Å². The molecule has 0 aromatic rings. The molecule has 1 unspecified atom stereocenters. The number of hydrogen-bond acceptors (Lipinski definition) is 4. The van der Waals surface area contributed by atoms with Crippen molar-refractivity contribution in [3.63, 3.8) is 0 Å². The molecular weight excluding hydrogens is 246 g/mol. The predicted octanol–water partition coefficient (Wildman–Crippen LogP) is 2.12. The summed E-state index contributed by atoms with van der Waals surface area (Å²) in [7, 11) is 1.35. The van der Waals surface area contributed by atoms with Crippen LogP contribution < -0.4 is 0 Å². The zero-order valence-electron chi connectivity index (χ0n) is 11.9. The molecule has 2 aliphatic rings. The van der Waals surface area contributed by atoms with Gasteiger partial charge in [0.2, 0.25) is 0 Å². The second-order valence-electron chi connectivity index (χ2n) is 6.04. The third kappa shape index (κ3) is 3.08. The lowest BCUT2D eigenvalue weighted by Gasteiger charge is -2.28. The van der Waals surface area contributed by atoms with Gasteiger partial charge in [0.15, 0.2) is 6.04 Å². The van der Waals surface area contributed by atoms with Crippen LogP contribution in [0.3, 0.4) is 0 Å². The highest BCUT2D eigenvalue weighted by Gasteiger charge is 2.44. The molecule has 0 N–H and O–H groups in total. The Balaban J connectivity index is 2.12. The van der Waals surface area contributed by atoms with Gasteiger partial charge < -0.3 is 9.47 Å². The van der Waals surface area contributed by atoms with E-state index >= 15 is 0 Å². The molecule has 106 valence electrons. The van der Waals surface area contributed by atoms with Gasteiger partial charge in [-0.05, 0) is 45.1 Å². The first kappa shape index (κ1) is 13.9. The molecule has 0 spiro atoms. The van der Waals surface area contributed by atoms with Gasteiger partial charge in [-0.15, -0.1) is 0 Å². The van der Waals surface area contributed by atoms with E-state index in [1.54, 1.807) is 0 Å². The van der Waals surface area contributed by atoms with Crippen LogP contribution in [0.2, 0.25) is 0 Å². The van der Waals surface area contributed by atoms with E-state index in [4.69, 9.17) is 9.47 Å². The van der Waals surface area contributed by atoms with Gasteiger partial charge in [-0.25, -0.2) is 9.59 Å². The third-order valence-electron chi connectivity index (χ3n) is 3.25. The van der Waals surface area contributed by atoms with Crippen molar-refractivity contribution >= 4 is 12.1 Å². The van der Waals surface area contributed by atoms with Crippen LogP contribution in [0.25, 0.3) is 0 Å². The van der Waals surface area contributed by atoms with Crippen LogP contribution in [0.15, 0.2) is 11.6 Å². The van der Waals surface area contributed by atoms with Crippen molar-refractivity contribution in [3.8, 4) is 0 Å². The van der Waals surface area contributed by atoms with Gasteiger partial charge in [-0.1, -0.05) is 6.08 Å². The Morgan fingerprint density at radius 2 is 1.95 bits per heavy atom. The fourth-order valence-electron chi connectivity index (χ4n) is 2.28. The lowest BCUT2D eigenvalue weighted by molar-refractivity contribution is -0.144. The summed E-state index contributed by atoms with van der Waals surface area (Å²) in [5, 5.41) is 0. The highest BCUT2D eigenvalue weighted by atomic mass is 16.6. The predicted molar refractivity (Wildman–Crippen MR) is 69.6 cm³/mol. The van der Waals surface area contributed by atoms with E-state index in [9.17, 15) is 9.59 Å². The van der Waals surface area contributed by atoms with E-state index in [0.717, 1.165) is 18.4 Å². The van der Waals surface area contributed by atoms with E-state index in [1.165, 1.54) is 12.0 Å². The number of carbonyl (C=O) groups is 2. The van der Waals surface area contributed by atoms with E-state index in [2.05, 4.69) is 0 Å². The molecule has 1 saturated carbocycles. The first-order valence-electron chi connectivity index (χ1n) is 6.61. The molecule has 0 bridgehead atoms. The summed E-state index contributed by atoms with van der Waals surface area (Å²) in [4.78, 5) is 25.5. The molecule has 19 heavy (non-hydrogen) atoms. The monoisotopic (exact) mass is 267 g/mol. The summed E-state index contributed by atoms with van der Waals surface area (Å²) in [5.41, 5.74) is 0.442. The van der Waals surface area contributed by atoms with E-state index in [1.807, 2.05) is 26.8 Å². The summed E-state index contributed by atoms with van der Waals surface area (Å²) in [6.07, 6.45) is 3.67. The SMILES string of the molecule is COC(=O)C1C(C2CC2)=CCN1C(=O)OC(C)(C)C. The number of nitrogens with zero attached hydrogens (tertiary/aromatic N) is 1. The number of rotatable bonds is 2. The molecule has 1 atom stereocenters. The highest BCUT2D eigenvalue weighted by Crippen LogP contribution is 2.42. The minimum Gasteiger partial charge on any atom is -0.467 e. The number of amides is 1. The maximum Gasteiger partial charge on any atom is 0.411 e. The Morgan fingerprint density at radius 1 is 1.32 bits per heavy atom. The second kappa shape index (κ2) is 4.87. The molecule has 1 amide bonds. The average Bonchev–Trinajstić information content (AvgIpc) is 3.04. The minimum atomic E-state index is -0.604. The number of esters is 1. The first-order chi connectivity index (χ1) is 8.83. The van der Waals surface area contributed by atoms with Crippen LogP contribution in [-0.4, -0.2) is 42.3 Å². The lowest BCUT2D eigenvalue weighted by atomic mass is 10.0. The second-order valence-corrected chi connectivity index (χ2v) is 6.04. The molecule has 0 aromatic carbocycles. The van der Waals surface area contributed by atoms with Crippen molar-refractivity contribution in [3.05, 3.63) is 11.6 Å². The number of carbonyl (C=O) groups excluding carboxylic acids is 2. The first-order valence-corrected chi connectivity index (χ1v) is 6.61. The van der Waals surface area contributed by atoms with Gasteiger partial charge in [0.1, 0.15) is 5.60 Å². The standard InChI is InChI=1S/C14H21NO4/c1-14(2,3)19-13(17)15-8-7-10(9-5-6-9)11(15)12(16)18-4/h7,9,11H,5-6,8H2,1-4H3. The smallest absolute Gasteiger partial charge is 0.411 e. The van der Waals surface area contributed by atoms with Crippen molar-refractivity contribution in [2.24, 2.45) is 5.92 Å².